The first-order chi connectivity index (χ1) is 8.84. The number of nitrogens with zero attached hydrogens (tertiary/aromatic N) is 4. The second-order valence-corrected chi connectivity index (χ2v) is 3.81. The van der Waals surface area contributed by atoms with Crippen molar-refractivity contribution in [2.75, 3.05) is 5.32 Å². The summed E-state index contributed by atoms with van der Waals surface area (Å²) < 4.78 is 37.5. The van der Waals surface area contributed by atoms with Crippen molar-refractivity contribution in [2.24, 2.45) is 0 Å². The molecule has 0 saturated heterocycles. The van der Waals surface area contributed by atoms with Crippen LogP contribution in [-0.4, -0.2) is 19.9 Å². The summed E-state index contributed by atoms with van der Waals surface area (Å²) in [6, 6.07) is 2.30. The highest BCUT2D eigenvalue weighted by atomic mass is 19.4. The van der Waals surface area contributed by atoms with Crippen molar-refractivity contribution in [1.29, 1.82) is 0 Å². The zero-order valence-corrected chi connectivity index (χ0v) is 10.2. The van der Waals surface area contributed by atoms with Crippen LogP contribution in [0.1, 0.15) is 17.3 Å². The minimum atomic E-state index is -4.48. The molecule has 0 fully saturated rings. The van der Waals surface area contributed by atoms with Gasteiger partial charge < -0.3 is 5.32 Å². The van der Waals surface area contributed by atoms with Crippen molar-refractivity contribution in [1.82, 2.24) is 19.9 Å². The van der Waals surface area contributed by atoms with E-state index in [1.807, 2.05) is 0 Å². The average molecular weight is 269 g/mol. The Morgan fingerprint density at radius 1 is 1.05 bits per heavy atom. The predicted molar refractivity (Wildman–Crippen MR) is 61.8 cm³/mol. The molecule has 2 aromatic heterocycles. The van der Waals surface area contributed by atoms with Crippen LogP contribution >= 0.6 is 0 Å². The molecule has 2 aromatic rings. The predicted octanol–water partition coefficient (Wildman–Crippen LogP) is 2.65. The van der Waals surface area contributed by atoms with E-state index in [0.717, 1.165) is 12.3 Å². The molecule has 8 heteroatoms. The fourth-order valence-electron chi connectivity index (χ4n) is 1.46. The molecule has 0 aliphatic rings. The standard InChI is InChI=1S/C11H10F3N5/c1-6-16-7(2)18-10(17-6)19-8-3-4-15-9(5-8)11(12,13)14/h3-5H,1-2H3,(H,15,16,17,18,19). The third-order valence-electron chi connectivity index (χ3n) is 2.17. The SMILES string of the molecule is Cc1nc(C)nc(Nc2ccnc(C(F)(F)F)c2)n1. The van der Waals surface area contributed by atoms with E-state index in [1.165, 1.54) is 6.07 Å². The second kappa shape index (κ2) is 4.79. The molecule has 0 amide bonds. The maximum Gasteiger partial charge on any atom is 0.433 e. The first-order valence-electron chi connectivity index (χ1n) is 5.34. The quantitative estimate of drug-likeness (QED) is 0.908. The molecule has 19 heavy (non-hydrogen) atoms. The Hall–Kier alpha value is -2.25. The van der Waals surface area contributed by atoms with E-state index in [9.17, 15) is 13.2 Å². The molecule has 0 radical (unpaired) electrons. The van der Waals surface area contributed by atoms with Gasteiger partial charge in [-0.1, -0.05) is 0 Å². The number of hydrogen-bond acceptors (Lipinski definition) is 5. The number of hydrogen-bond donors (Lipinski definition) is 1. The van der Waals surface area contributed by atoms with E-state index >= 15 is 0 Å². The first-order valence-corrected chi connectivity index (χ1v) is 5.34. The molecule has 0 saturated carbocycles. The van der Waals surface area contributed by atoms with Gasteiger partial charge in [0.15, 0.2) is 0 Å². The number of anilines is 2. The summed E-state index contributed by atoms with van der Waals surface area (Å²) in [6.07, 6.45) is -3.41. The van der Waals surface area contributed by atoms with Crippen LogP contribution in [0.4, 0.5) is 24.8 Å². The zero-order valence-electron chi connectivity index (χ0n) is 10.2. The minimum absolute atomic E-state index is 0.198. The summed E-state index contributed by atoms with van der Waals surface area (Å²) >= 11 is 0. The largest absolute Gasteiger partial charge is 0.433 e. The number of halogens is 3. The molecule has 0 atom stereocenters. The Bertz CT molecular complexity index is 577. The first kappa shape index (κ1) is 13.2. The van der Waals surface area contributed by atoms with Gasteiger partial charge in [-0.15, -0.1) is 0 Å². The van der Waals surface area contributed by atoms with Gasteiger partial charge in [0.1, 0.15) is 17.3 Å². The number of rotatable bonds is 2. The van der Waals surface area contributed by atoms with Crippen LogP contribution in [0.15, 0.2) is 18.3 Å². The van der Waals surface area contributed by atoms with E-state index in [4.69, 9.17) is 0 Å². The van der Waals surface area contributed by atoms with Gasteiger partial charge in [0, 0.05) is 11.9 Å². The fraction of sp³-hybridized carbons (Fsp3) is 0.273. The number of aromatic nitrogens is 4. The third kappa shape index (κ3) is 3.36. The third-order valence-corrected chi connectivity index (χ3v) is 2.17. The van der Waals surface area contributed by atoms with Crippen LogP contribution < -0.4 is 5.32 Å². The summed E-state index contributed by atoms with van der Waals surface area (Å²) in [4.78, 5) is 15.2. The van der Waals surface area contributed by atoms with Crippen LogP contribution in [0.25, 0.3) is 0 Å². The highest BCUT2D eigenvalue weighted by molar-refractivity contribution is 5.53. The van der Waals surface area contributed by atoms with Crippen molar-refractivity contribution >= 4 is 11.6 Å². The number of pyridine rings is 1. The summed E-state index contributed by atoms with van der Waals surface area (Å²) in [5.41, 5.74) is -0.757. The van der Waals surface area contributed by atoms with E-state index in [1.54, 1.807) is 13.8 Å². The Kier molecular flexibility index (Phi) is 3.32. The number of alkyl halides is 3. The maximum atomic E-state index is 12.5. The van der Waals surface area contributed by atoms with Crippen LogP contribution in [0.5, 0.6) is 0 Å². The van der Waals surface area contributed by atoms with Crippen molar-refractivity contribution in [3.63, 3.8) is 0 Å². The van der Waals surface area contributed by atoms with Crippen molar-refractivity contribution in [3.8, 4) is 0 Å². The van der Waals surface area contributed by atoms with Gasteiger partial charge in [-0.2, -0.15) is 23.1 Å². The summed E-state index contributed by atoms with van der Waals surface area (Å²) in [5, 5.41) is 2.70. The Balaban J connectivity index is 2.28. The van der Waals surface area contributed by atoms with Crippen LogP contribution in [-0.2, 0) is 6.18 Å². The topological polar surface area (TPSA) is 63.6 Å². The molecule has 0 aromatic carbocycles. The molecule has 1 N–H and O–H groups in total. The van der Waals surface area contributed by atoms with Gasteiger partial charge in [0.2, 0.25) is 5.95 Å². The van der Waals surface area contributed by atoms with Gasteiger partial charge >= 0.3 is 6.18 Å². The molecular formula is C11H10F3N5. The number of nitrogens with one attached hydrogen (secondary N) is 1. The molecule has 0 aliphatic carbocycles. The molecule has 100 valence electrons. The summed E-state index contributed by atoms with van der Waals surface area (Å²) in [7, 11) is 0. The summed E-state index contributed by atoms with van der Waals surface area (Å²) in [6.45, 7) is 3.35. The maximum absolute atomic E-state index is 12.5. The molecule has 0 unspecified atom stereocenters. The van der Waals surface area contributed by atoms with Crippen molar-refractivity contribution < 1.29 is 13.2 Å². The lowest BCUT2D eigenvalue weighted by molar-refractivity contribution is -0.141. The van der Waals surface area contributed by atoms with E-state index in [2.05, 4.69) is 25.3 Å². The van der Waals surface area contributed by atoms with E-state index < -0.39 is 11.9 Å². The molecular weight excluding hydrogens is 259 g/mol. The molecule has 0 spiro atoms. The molecule has 5 nitrogen and oxygen atoms in total. The lowest BCUT2D eigenvalue weighted by Crippen LogP contribution is -2.09. The summed E-state index contributed by atoms with van der Waals surface area (Å²) in [5.74, 6) is 1.17. The fourth-order valence-corrected chi connectivity index (χ4v) is 1.46. The van der Waals surface area contributed by atoms with Gasteiger partial charge in [0.25, 0.3) is 0 Å². The Morgan fingerprint density at radius 3 is 2.26 bits per heavy atom. The normalized spacial score (nSPS) is 11.4. The van der Waals surface area contributed by atoms with Gasteiger partial charge in [0.05, 0.1) is 0 Å². The lowest BCUT2D eigenvalue weighted by atomic mass is 10.3. The van der Waals surface area contributed by atoms with Gasteiger partial charge in [-0.25, -0.2) is 4.98 Å². The molecule has 2 heterocycles. The number of aryl methyl sites for hydroxylation is 2. The molecule has 0 aliphatic heterocycles. The van der Waals surface area contributed by atoms with Crippen molar-refractivity contribution in [2.45, 2.75) is 20.0 Å². The molecule has 2 rings (SSSR count). The highest BCUT2D eigenvalue weighted by Crippen LogP contribution is 2.29. The van der Waals surface area contributed by atoms with Gasteiger partial charge in [-0.05, 0) is 26.0 Å². The molecule has 0 bridgehead atoms. The average Bonchev–Trinajstić information content (AvgIpc) is 2.26. The lowest BCUT2D eigenvalue weighted by Gasteiger charge is -2.09. The second-order valence-electron chi connectivity index (χ2n) is 3.81. The van der Waals surface area contributed by atoms with Crippen LogP contribution in [0.2, 0.25) is 0 Å². The monoisotopic (exact) mass is 269 g/mol. The van der Waals surface area contributed by atoms with E-state index in [0.29, 0.717) is 11.6 Å². The van der Waals surface area contributed by atoms with Crippen molar-refractivity contribution in [3.05, 3.63) is 35.7 Å². The minimum Gasteiger partial charge on any atom is -0.324 e. The Labute approximate surface area is 107 Å². The highest BCUT2D eigenvalue weighted by Gasteiger charge is 2.32. The zero-order chi connectivity index (χ0) is 14.0. The Morgan fingerprint density at radius 2 is 1.68 bits per heavy atom. The smallest absolute Gasteiger partial charge is 0.324 e. The van der Waals surface area contributed by atoms with E-state index in [-0.39, 0.29) is 11.6 Å². The van der Waals surface area contributed by atoms with Crippen LogP contribution in [0.3, 0.4) is 0 Å². The van der Waals surface area contributed by atoms with Gasteiger partial charge in [-0.3, -0.25) is 4.98 Å². The van der Waals surface area contributed by atoms with Crippen LogP contribution in [0, 0.1) is 13.8 Å².